The Kier molecular flexibility index (Phi) is 3.93. The van der Waals surface area contributed by atoms with Crippen molar-refractivity contribution in [3.8, 4) is 0 Å². The summed E-state index contributed by atoms with van der Waals surface area (Å²) in [6.45, 7) is 2.75. The van der Waals surface area contributed by atoms with Crippen molar-refractivity contribution < 1.29 is 8.42 Å². The zero-order valence-electron chi connectivity index (χ0n) is 13.7. The van der Waals surface area contributed by atoms with Crippen LogP contribution < -0.4 is 4.72 Å². The van der Waals surface area contributed by atoms with E-state index in [-0.39, 0.29) is 11.3 Å². The molecule has 9 heteroatoms. The molecule has 0 bridgehead atoms. The lowest BCUT2D eigenvalue weighted by molar-refractivity contribution is 0.168. The van der Waals surface area contributed by atoms with Crippen LogP contribution in [0, 0.1) is 0 Å². The van der Waals surface area contributed by atoms with Crippen LogP contribution in [0.2, 0.25) is 0 Å². The SMILES string of the molecule is Cn1cc(CN2Cc3ccnn3[C@H](CNS(=O)(=O)C3CC3)C2)cn1. The number of fused-ring (bicyclic) bond motifs is 1. The average molecular weight is 350 g/mol. The second kappa shape index (κ2) is 5.98. The Morgan fingerprint density at radius 2 is 2.17 bits per heavy atom. The van der Waals surface area contributed by atoms with Crippen molar-refractivity contribution in [2.75, 3.05) is 13.1 Å². The van der Waals surface area contributed by atoms with Gasteiger partial charge in [0, 0.05) is 51.2 Å². The number of nitrogens with zero attached hydrogens (tertiary/aromatic N) is 5. The molecule has 24 heavy (non-hydrogen) atoms. The van der Waals surface area contributed by atoms with Crippen molar-refractivity contribution in [3.63, 3.8) is 0 Å². The van der Waals surface area contributed by atoms with Crippen LogP contribution in [0.3, 0.4) is 0 Å². The van der Waals surface area contributed by atoms with E-state index in [0.29, 0.717) is 6.54 Å². The second-order valence-corrected chi connectivity index (χ2v) is 8.75. The average Bonchev–Trinajstić information content (AvgIpc) is 3.18. The Morgan fingerprint density at radius 3 is 2.88 bits per heavy atom. The largest absolute Gasteiger partial charge is 0.291 e. The summed E-state index contributed by atoms with van der Waals surface area (Å²) < 4.78 is 30.7. The van der Waals surface area contributed by atoms with E-state index < -0.39 is 10.0 Å². The molecule has 1 atom stereocenters. The minimum Gasteiger partial charge on any atom is -0.291 e. The third-order valence-corrected chi connectivity index (χ3v) is 6.52. The summed E-state index contributed by atoms with van der Waals surface area (Å²) >= 11 is 0. The monoisotopic (exact) mass is 350 g/mol. The van der Waals surface area contributed by atoms with Crippen molar-refractivity contribution in [1.82, 2.24) is 29.2 Å². The van der Waals surface area contributed by atoms with Gasteiger partial charge >= 0.3 is 0 Å². The maximum Gasteiger partial charge on any atom is 0.214 e. The van der Waals surface area contributed by atoms with E-state index in [1.807, 2.05) is 30.2 Å². The van der Waals surface area contributed by atoms with Gasteiger partial charge < -0.3 is 0 Å². The van der Waals surface area contributed by atoms with Crippen molar-refractivity contribution in [2.24, 2.45) is 7.05 Å². The first-order valence-electron chi connectivity index (χ1n) is 8.22. The van der Waals surface area contributed by atoms with E-state index in [2.05, 4.69) is 19.8 Å². The van der Waals surface area contributed by atoms with Gasteiger partial charge in [-0.3, -0.25) is 14.3 Å². The van der Waals surface area contributed by atoms with Gasteiger partial charge in [0.2, 0.25) is 10.0 Å². The summed E-state index contributed by atoms with van der Waals surface area (Å²) in [6.07, 6.45) is 7.22. The minimum absolute atomic E-state index is 0.00828. The van der Waals surface area contributed by atoms with Crippen LogP contribution in [0.4, 0.5) is 0 Å². The molecule has 1 aliphatic carbocycles. The van der Waals surface area contributed by atoms with E-state index in [4.69, 9.17) is 0 Å². The van der Waals surface area contributed by atoms with Crippen LogP contribution in [0.15, 0.2) is 24.7 Å². The van der Waals surface area contributed by atoms with E-state index in [1.165, 1.54) is 0 Å². The van der Waals surface area contributed by atoms with Crippen LogP contribution in [-0.2, 0) is 30.2 Å². The normalized spacial score (nSPS) is 21.8. The summed E-state index contributed by atoms with van der Waals surface area (Å²) in [5.74, 6) is 0. The van der Waals surface area contributed by atoms with Crippen molar-refractivity contribution in [1.29, 1.82) is 0 Å². The van der Waals surface area contributed by atoms with Crippen LogP contribution in [0.1, 0.15) is 30.1 Å². The van der Waals surface area contributed by atoms with Gasteiger partial charge in [-0.1, -0.05) is 0 Å². The fourth-order valence-electron chi connectivity index (χ4n) is 3.26. The van der Waals surface area contributed by atoms with E-state index in [9.17, 15) is 8.42 Å². The molecular weight excluding hydrogens is 328 g/mol. The predicted molar refractivity (Wildman–Crippen MR) is 88.5 cm³/mol. The third kappa shape index (κ3) is 3.24. The lowest BCUT2D eigenvalue weighted by Gasteiger charge is -2.33. The highest BCUT2D eigenvalue weighted by Gasteiger charge is 2.36. The van der Waals surface area contributed by atoms with Gasteiger partial charge in [0.1, 0.15) is 0 Å². The molecule has 2 aromatic rings. The van der Waals surface area contributed by atoms with Gasteiger partial charge in [-0.15, -0.1) is 0 Å². The predicted octanol–water partition coefficient (Wildman–Crippen LogP) is 0.255. The fraction of sp³-hybridized carbons (Fsp3) is 0.600. The van der Waals surface area contributed by atoms with Crippen molar-refractivity contribution >= 4 is 10.0 Å². The highest BCUT2D eigenvalue weighted by molar-refractivity contribution is 7.90. The van der Waals surface area contributed by atoms with Gasteiger partial charge in [0.15, 0.2) is 0 Å². The van der Waals surface area contributed by atoms with Gasteiger partial charge in [0.25, 0.3) is 0 Å². The molecule has 0 unspecified atom stereocenters. The Hall–Kier alpha value is -1.71. The van der Waals surface area contributed by atoms with Crippen molar-refractivity contribution in [2.45, 2.75) is 37.2 Å². The molecule has 0 spiro atoms. The first-order chi connectivity index (χ1) is 11.5. The van der Waals surface area contributed by atoms with Gasteiger partial charge in [-0.25, -0.2) is 13.1 Å². The maximum absolute atomic E-state index is 12.1. The summed E-state index contributed by atoms with van der Waals surface area (Å²) in [6, 6.07) is 2.01. The Balaban J connectivity index is 1.46. The number of hydrogen-bond donors (Lipinski definition) is 1. The second-order valence-electron chi connectivity index (χ2n) is 6.71. The van der Waals surface area contributed by atoms with Gasteiger partial charge in [-0.05, 0) is 18.9 Å². The molecule has 0 aromatic carbocycles. The lowest BCUT2D eigenvalue weighted by Crippen LogP contribution is -2.43. The molecule has 1 aliphatic heterocycles. The summed E-state index contributed by atoms with van der Waals surface area (Å²) in [7, 11) is -1.26. The van der Waals surface area contributed by atoms with E-state index in [0.717, 1.165) is 43.7 Å². The van der Waals surface area contributed by atoms with Gasteiger partial charge in [0.05, 0.1) is 23.2 Å². The molecule has 0 amide bonds. The highest BCUT2D eigenvalue weighted by atomic mass is 32.2. The molecule has 4 rings (SSSR count). The Morgan fingerprint density at radius 1 is 1.33 bits per heavy atom. The smallest absolute Gasteiger partial charge is 0.214 e. The van der Waals surface area contributed by atoms with Crippen LogP contribution in [0.5, 0.6) is 0 Å². The molecule has 1 fully saturated rings. The number of rotatable bonds is 6. The topological polar surface area (TPSA) is 85.0 Å². The highest BCUT2D eigenvalue weighted by Crippen LogP contribution is 2.28. The molecule has 8 nitrogen and oxygen atoms in total. The van der Waals surface area contributed by atoms with E-state index >= 15 is 0 Å². The van der Waals surface area contributed by atoms with Crippen molar-refractivity contribution in [3.05, 3.63) is 35.9 Å². The lowest BCUT2D eigenvalue weighted by atomic mass is 10.1. The summed E-state index contributed by atoms with van der Waals surface area (Å²) in [5.41, 5.74) is 2.27. The van der Waals surface area contributed by atoms with Gasteiger partial charge in [-0.2, -0.15) is 10.2 Å². The molecule has 0 radical (unpaired) electrons. The summed E-state index contributed by atoms with van der Waals surface area (Å²) in [4.78, 5) is 2.31. The molecule has 1 N–H and O–H groups in total. The third-order valence-electron chi connectivity index (χ3n) is 4.60. The number of sulfonamides is 1. The fourth-order valence-corrected chi connectivity index (χ4v) is 4.67. The zero-order chi connectivity index (χ0) is 16.7. The molecule has 1 saturated carbocycles. The molecular formula is C15H22N6O2S. The number of nitrogens with one attached hydrogen (secondary N) is 1. The maximum atomic E-state index is 12.1. The van der Waals surface area contributed by atoms with Crippen LogP contribution in [0.25, 0.3) is 0 Å². The molecule has 0 saturated heterocycles. The minimum atomic E-state index is -3.17. The standard InChI is InChI=1S/C15H22N6O2S/c1-19-8-12(6-17-19)9-20-10-13-4-5-16-21(13)14(11-20)7-18-24(22,23)15-2-3-15/h4-6,8,14-15,18H,2-3,7,9-11H2,1H3/t14-/m1/s1. The number of hydrogen-bond acceptors (Lipinski definition) is 5. The summed E-state index contributed by atoms with van der Waals surface area (Å²) in [5, 5.41) is 8.40. The number of aryl methyl sites for hydroxylation is 1. The molecule has 3 heterocycles. The zero-order valence-corrected chi connectivity index (χ0v) is 14.5. The van der Waals surface area contributed by atoms with E-state index in [1.54, 1.807) is 10.9 Å². The quantitative estimate of drug-likeness (QED) is 0.807. The number of aromatic nitrogens is 4. The first-order valence-corrected chi connectivity index (χ1v) is 9.76. The Labute approximate surface area is 141 Å². The first kappa shape index (κ1) is 15.8. The molecule has 2 aliphatic rings. The van der Waals surface area contributed by atoms with Crippen LogP contribution in [-0.4, -0.2) is 51.2 Å². The Bertz CT molecular complexity index is 823. The molecule has 2 aromatic heterocycles. The van der Waals surface area contributed by atoms with Crippen LogP contribution >= 0.6 is 0 Å². The molecule has 130 valence electrons.